The Bertz CT molecular complexity index is 508. The fourth-order valence-electron chi connectivity index (χ4n) is 3.92. The molecule has 0 amide bonds. The second-order valence-corrected chi connectivity index (χ2v) is 17.6. The number of hydrogen-bond acceptors (Lipinski definition) is 0. The number of allylic oxidation sites excluding steroid dienone is 8. The monoisotopic (exact) mass is 320 g/mol. The van der Waals surface area contributed by atoms with Gasteiger partial charge in [0.2, 0.25) is 0 Å². The maximum atomic E-state index is 2.60. The van der Waals surface area contributed by atoms with Gasteiger partial charge in [0.15, 0.2) is 0 Å². The zero-order chi connectivity index (χ0) is 13.7. The van der Waals surface area contributed by atoms with Crippen molar-refractivity contribution >= 4 is 0 Å². The van der Waals surface area contributed by atoms with E-state index in [1.807, 2.05) is 3.28 Å². The number of rotatable bonds is 2. The standard InChI is InChI=1S/C10H15.C5H5.2CH3.Zr/c1-7-6-10(4,5)9(3)8(7)2;1-2-4-5-3-1;;;/h1-5H3;1-3H,4H2;2*1H3;. The van der Waals surface area contributed by atoms with Crippen molar-refractivity contribution in [2.24, 2.45) is 5.41 Å². The Labute approximate surface area is 117 Å². The third-order valence-corrected chi connectivity index (χ3v) is 15.7. The summed E-state index contributed by atoms with van der Waals surface area (Å²) in [6, 6.07) is 0. The molecular weight excluding hydrogens is 295 g/mol. The molecule has 0 heterocycles. The summed E-state index contributed by atoms with van der Waals surface area (Å²) in [7, 11) is 0. The second kappa shape index (κ2) is 4.44. The predicted molar refractivity (Wildman–Crippen MR) is 78.4 cm³/mol. The summed E-state index contributed by atoms with van der Waals surface area (Å²) in [6.07, 6.45) is 8.17. The van der Waals surface area contributed by atoms with Crippen LogP contribution in [0.1, 0.15) is 41.0 Å². The molecule has 2 aliphatic rings. The fraction of sp³-hybridized carbons (Fsp3) is 0.529. The van der Waals surface area contributed by atoms with E-state index in [0.29, 0.717) is 0 Å². The average Bonchev–Trinajstić information content (AvgIpc) is 2.84. The van der Waals surface area contributed by atoms with Crippen molar-refractivity contribution in [2.45, 2.75) is 50.3 Å². The minimum absolute atomic E-state index is 0.289. The van der Waals surface area contributed by atoms with Gasteiger partial charge in [-0.25, -0.2) is 0 Å². The summed E-state index contributed by atoms with van der Waals surface area (Å²) < 4.78 is 8.77. The summed E-state index contributed by atoms with van der Waals surface area (Å²) in [5, 5.41) is 0. The van der Waals surface area contributed by atoms with Crippen LogP contribution in [0.2, 0.25) is 9.26 Å². The van der Waals surface area contributed by atoms with Crippen molar-refractivity contribution in [2.75, 3.05) is 0 Å². The van der Waals surface area contributed by atoms with Crippen molar-refractivity contribution in [3.05, 3.63) is 41.5 Å². The minimum atomic E-state index is -2.33. The van der Waals surface area contributed by atoms with Crippen LogP contribution < -0.4 is 0 Å². The van der Waals surface area contributed by atoms with Crippen LogP contribution in [-0.2, 0) is 20.3 Å². The third kappa shape index (κ3) is 1.90. The molecule has 0 fully saturated rings. The molecule has 2 rings (SSSR count). The Kier molecular flexibility index (Phi) is 3.52. The van der Waals surface area contributed by atoms with Crippen molar-refractivity contribution in [3.8, 4) is 0 Å². The third-order valence-electron chi connectivity index (χ3n) is 5.26. The molecular formula is C17H26Zr. The van der Waals surface area contributed by atoms with E-state index in [2.05, 4.69) is 62.1 Å². The maximum absolute atomic E-state index is 2.60. The first kappa shape index (κ1) is 14.3. The molecule has 98 valence electrons. The molecule has 0 aliphatic heterocycles. The van der Waals surface area contributed by atoms with Crippen LogP contribution in [0.15, 0.2) is 41.5 Å². The molecule has 0 spiro atoms. The SMILES string of the molecule is CC1=C(C)C(C)(C)[C]([Zr]([CH3])([CH3])[C]2=CC=CC2)=C1C. The van der Waals surface area contributed by atoms with Crippen LogP contribution in [0.4, 0.5) is 0 Å². The Hall–Kier alpha value is -0.157. The van der Waals surface area contributed by atoms with Gasteiger partial charge in [-0.3, -0.25) is 0 Å². The van der Waals surface area contributed by atoms with E-state index in [-0.39, 0.29) is 5.41 Å². The van der Waals surface area contributed by atoms with Gasteiger partial charge in [0, 0.05) is 0 Å². The van der Waals surface area contributed by atoms with Gasteiger partial charge in [-0.2, -0.15) is 0 Å². The summed E-state index contributed by atoms with van der Waals surface area (Å²) >= 11 is -2.33. The van der Waals surface area contributed by atoms with E-state index >= 15 is 0 Å². The summed E-state index contributed by atoms with van der Waals surface area (Å²) in [4.78, 5) is 0. The summed E-state index contributed by atoms with van der Waals surface area (Å²) in [6.45, 7) is 11.8. The van der Waals surface area contributed by atoms with Gasteiger partial charge in [0.05, 0.1) is 0 Å². The summed E-state index contributed by atoms with van der Waals surface area (Å²) in [5.74, 6) is 0. The molecule has 0 unspecified atom stereocenters. The molecule has 0 aromatic carbocycles. The van der Waals surface area contributed by atoms with Crippen LogP contribution in [0.25, 0.3) is 0 Å². The molecule has 0 bridgehead atoms. The first-order valence-corrected chi connectivity index (χ1v) is 14.3. The molecule has 0 saturated heterocycles. The van der Waals surface area contributed by atoms with Crippen LogP contribution >= 0.6 is 0 Å². The molecule has 0 N–H and O–H groups in total. The van der Waals surface area contributed by atoms with Crippen LogP contribution in [0, 0.1) is 5.41 Å². The Morgan fingerprint density at radius 1 is 1.06 bits per heavy atom. The van der Waals surface area contributed by atoms with Gasteiger partial charge in [-0.05, 0) is 0 Å². The molecule has 1 heteroatoms. The van der Waals surface area contributed by atoms with Crippen molar-refractivity contribution in [1.29, 1.82) is 0 Å². The van der Waals surface area contributed by atoms with Gasteiger partial charge < -0.3 is 0 Å². The summed E-state index contributed by atoms with van der Waals surface area (Å²) in [5.41, 5.74) is 5.03. The number of hydrogen-bond donors (Lipinski definition) is 0. The predicted octanol–water partition coefficient (Wildman–Crippen LogP) is 5.73. The van der Waals surface area contributed by atoms with E-state index in [0.717, 1.165) is 0 Å². The van der Waals surface area contributed by atoms with Crippen LogP contribution in [0.3, 0.4) is 0 Å². The average molecular weight is 322 g/mol. The molecule has 0 radical (unpaired) electrons. The molecule has 0 saturated carbocycles. The topological polar surface area (TPSA) is 0 Å². The molecule has 18 heavy (non-hydrogen) atoms. The van der Waals surface area contributed by atoms with Crippen molar-refractivity contribution < 1.29 is 20.3 Å². The molecule has 0 atom stereocenters. The van der Waals surface area contributed by atoms with E-state index in [1.54, 1.807) is 20.0 Å². The second-order valence-electron chi connectivity index (χ2n) is 6.82. The van der Waals surface area contributed by atoms with Gasteiger partial charge in [0.1, 0.15) is 0 Å². The molecule has 0 nitrogen and oxygen atoms in total. The van der Waals surface area contributed by atoms with E-state index in [9.17, 15) is 0 Å². The van der Waals surface area contributed by atoms with Gasteiger partial charge in [-0.15, -0.1) is 0 Å². The zero-order valence-electron chi connectivity index (χ0n) is 12.9. The van der Waals surface area contributed by atoms with Gasteiger partial charge in [-0.1, -0.05) is 0 Å². The molecule has 2 aliphatic carbocycles. The Morgan fingerprint density at radius 2 is 1.67 bits per heavy atom. The molecule has 0 aromatic heterocycles. The van der Waals surface area contributed by atoms with Crippen LogP contribution in [-0.4, -0.2) is 0 Å². The Morgan fingerprint density at radius 3 is 2.06 bits per heavy atom. The van der Waals surface area contributed by atoms with Crippen molar-refractivity contribution in [1.82, 2.24) is 0 Å². The Balaban J connectivity index is 2.53. The normalized spacial score (nSPS) is 23.2. The first-order chi connectivity index (χ1) is 8.20. The van der Waals surface area contributed by atoms with Gasteiger partial charge in [0.25, 0.3) is 0 Å². The van der Waals surface area contributed by atoms with Crippen molar-refractivity contribution in [3.63, 3.8) is 0 Å². The first-order valence-electron chi connectivity index (χ1n) is 6.97. The quantitative estimate of drug-likeness (QED) is 0.609. The van der Waals surface area contributed by atoms with Gasteiger partial charge >= 0.3 is 117 Å². The molecule has 0 aromatic rings. The fourth-order valence-corrected chi connectivity index (χ4v) is 14.6. The zero-order valence-corrected chi connectivity index (χ0v) is 15.4. The van der Waals surface area contributed by atoms with E-state index in [1.165, 1.54) is 6.42 Å². The van der Waals surface area contributed by atoms with E-state index in [4.69, 9.17) is 0 Å². The van der Waals surface area contributed by atoms with Crippen LogP contribution in [0.5, 0.6) is 0 Å². The van der Waals surface area contributed by atoms with E-state index < -0.39 is 20.3 Å².